The molecule has 47 heavy (non-hydrogen) atoms. The first-order valence-electron chi connectivity index (χ1n) is 16.2. The normalized spacial score (nSPS) is 12.3. The van der Waals surface area contributed by atoms with Crippen molar-refractivity contribution in [2.45, 2.75) is 0 Å². The number of benzene rings is 6. The molecule has 5 aromatic heterocycles. The van der Waals surface area contributed by atoms with Crippen molar-refractivity contribution in [3.05, 3.63) is 164 Å². The fraction of sp³-hybridized carbons (Fsp3) is 0. The van der Waals surface area contributed by atoms with Crippen LogP contribution in [0.15, 0.2) is 164 Å². The Morgan fingerprint density at radius 2 is 0.830 bits per heavy atom. The van der Waals surface area contributed by atoms with E-state index in [0.29, 0.717) is 0 Å². The molecule has 0 aliphatic carbocycles. The highest BCUT2D eigenvalue weighted by Crippen LogP contribution is 2.45. The van der Waals surface area contributed by atoms with Crippen LogP contribution in [0.2, 0.25) is 0 Å². The molecular weight excluding hydrogens is 571 g/mol. The highest BCUT2D eigenvalue weighted by Gasteiger charge is 2.24. The van der Waals surface area contributed by atoms with E-state index in [1.54, 1.807) is 0 Å². The molecule has 0 atom stereocenters. The fourth-order valence-electron chi connectivity index (χ4n) is 8.23. The summed E-state index contributed by atoms with van der Waals surface area (Å²) >= 11 is 0. The zero-order chi connectivity index (χ0) is 30.6. The largest absolute Gasteiger partial charge is 0.309 e. The highest BCUT2D eigenvalue weighted by molar-refractivity contribution is 6.30. The summed E-state index contributed by atoms with van der Waals surface area (Å²) in [5.74, 6) is 0. The molecule has 11 aromatic rings. The van der Waals surface area contributed by atoms with Crippen molar-refractivity contribution < 1.29 is 0 Å². The van der Waals surface area contributed by atoms with Crippen LogP contribution in [0.4, 0.5) is 0 Å². The van der Waals surface area contributed by atoms with Crippen LogP contribution in [0, 0.1) is 0 Å². The SMILES string of the molecule is c1ccc(-n2c3ccc(-c4ccc(-n5c6ccccc6c6ccccc65)cc4)cc3c3c2c2cccc4c5ccccc5c3n42)cc1. The van der Waals surface area contributed by atoms with Gasteiger partial charge < -0.3 is 13.5 Å². The predicted octanol–water partition coefficient (Wildman–Crippen LogP) is 11.5. The molecule has 218 valence electrons. The molecule has 0 saturated carbocycles. The van der Waals surface area contributed by atoms with Gasteiger partial charge in [-0.1, -0.05) is 103 Å². The van der Waals surface area contributed by atoms with E-state index in [4.69, 9.17) is 0 Å². The van der Waals surface area contributed by atoms with Crippen molar-refractivity contribution in [3.63, 3.8) is 0 Å². The van der Waals surface area contributed by atoms with Crippen LogP contribution in [-0.4, -0.2) is 13.5 Å². The van der Waals surface area contributed by atoms with Gasteiger partial charge in [0.15, 0.2) is 0 Å². The molecule has 0 amide bonds. The Kier molecular flexibility index (Phi) is 4.84. The Morgan fingerprint density at radius 1 is 0.298 bits per heavy atom. The van der Waals surface area contributed by atoms with E-state index in [2.05, 4.69) is 177 Å². The van der Waals surface area contributed by atoms with E-state index in [1.807, 2.05) is 0 Å². The Hall–Kier alpha value is -6.32. The van der Waals surface area contributed by atoms with Gasteiger partial charge in [-0.2, -0.15) is 0 Å². The minimum atomic E-state index is 1.17. The van der Waals surface area contributed by atoms with Gasteiger partial charge in [-0.25, -0.2) is 0 Å². The number of para-hydroxylation sites is 3. The smallest absolute Gasteiger partial charge is 0.0803 e. The second-order valence-electron chi connectivity index (χ2n) is 12.6. The summed E-state index contributed by atoms with van der Waals surface area (Å²) in [5.41, 5.74) is 13.5. The Labute approximate surface area is 270 Å². The highest BCUT2D eigenvalue weighted by atomic mass is 15.0. The standard InChI is InChI=1S/C44H27N3/c1-2-11-30(12-3-1)46-40-26-23-29(27-36(40)42-43-35-16-5-4-15-34(35)39-19-10-20-41(44(42)46)47(39)43)28-21-24-31(25-22-28)45-37-17-8-6-13-32(37)33-14-7-9-18-38(33)45/h1-27H. The third kappa shape index (κ3) is 3.25. The monoisotopic (exact) mass is 597 g/mol. The first-order chi connectivity index (χ1) is 23.3. The van der Waals surface area contributed by atoms with E-state index < -0.39 is 0 Å². The maximum atomic E-state index is 2.47. The number of nitrogens with zero attached hydrogens (tertiary/aromatic N) is 3. The summed E-state index contributed by atoms with van der Waals surface area (Å²) in [7, 11) is 0. The van der Waals surface area contributed by atoms with Crippen LogP contribution in [0.5, 0.6) is 0 Å². The predicted molar refractivity (Wildman–Crippen MR) is 198 cm³/mol. The topological polar surface area (TPSA) is 14.3 Å². The molecule has 0 unspecified atom stereocenters. The van der Waals surface area contributed by atoms with E-state index in [9.17, 15) is 0 Å². The van der Waals surface area contributed by atoms with Crippen LogP contribution in [-0.2, 0) is 0 Å². The molecule has 0 radical (unpaired) electrons. The van der Waals surface area contributed by atoms with Crippen LogP contribution < -0.4 is 0 Å². The molecule has 0 bridgehead atoms. The minimum absolute atomic E-state index is 1.17. The number of fused-ring (bicyclic) bond motifs is 11. The van der Waals surface area contributed by atoms with Gasteiger partial charge >= 0.3 is 0 Å². The second kappa shape index (κ2) is 9.12. The Balaban J connectivity index is 1.17. The van der Waals surface area contributed by atoms with Crippen LogP contribution in [0.3, 0.4) is 0 Å². The molecule has 6 aromatic carbocycles. The van der Waals surface area contributed by atoms with Crippen molar-refractivity contribution in [1.82, 2.24) is 13.5 Å². The lowest BCUT2D eigenvalue weighted by molar-refractivity contribution is 1.18. The average molecular weight is 598 g/mol. The molecule has 0 N–H and O–H groups in total. The second-order valence-corrected chi connectivity index (χ2v) is 12.6. The fourth-order valence-corrected chi connectivity index (χ4v) is 8.23. The Morgan fingerprint density at radius 3 is 1.55 bits per heavy atom. The zero-order valence-corrected chi connectivity index (χ0v) is 25.4. The third-order valence-electron chi connectivity index (χ3n) is 10.2. The quantitative estimate of drug-likeness (QED) is 0.192. The van der Waals surface area contributed by atoms with Crippen molar-refractivity contribution in [3.8, 4) is 22.5 Å². The maximum absolute atomic E-state index is 2.47. The van der Waals surface area contributed by atoms with Gasteiger partial charge in [-0.3, -0.25) is 0 Å². The molecule has 3 nitrogen and oxygen atoms in total. The average Bonchev–Trinajstić information content (AvgIpc) is 3.86. The maximum Gasteiger partial charge on any atom is 0.0803 e. The molecule has 3 heteroatoms. The van der Waals surface area contributed by atoms with E-state index in [1.165, 1.54) is 93.4 Å². The van der Waals surface area contributed by atoms with E-state index in [-0.39, 0.29) is 0 Å². The lowest BCUT2D eigenvalue weighted by Gasteiger charge is -2.11. The van der Waals surface area contributed by atoms with Gasteiger partial charge in [0.2, 0.25) is 0 Å². The minimum Gasteiger partial charge on any atom is -0.309 e. The number of rotatable bonds is 3. The molecule has 0 aliphatic heterocycles. The molecule has 0 spiro atoms. The third-order valence-corrected chi connectivity index (χ3v) is 10.2. The van der Waals surface area contributed by atoms with Gasteiger partial charge in [-0.05, 0) is 71.8 Å². The molecule has 0 fully saturated rings. The number of hydrogen-bond acceptors (Lipinski definition) is 0. The Bertz CT molecular complexity index is 2940. The van der Waals surface area contributed by atoms with Gasteiger partial charge in [0.05, 0.1) is 38.6 Å². The molecular formula is C44H27N3. The van der Waals surface area contributed by atoms with Gasteiger partial charge in [0.1, 0.15) is 0 Å². The summed E-state index contributed by atoms with van der Waals surface area (Å²) < 4.78 is 7.31. The van der Waals surface area contributed by atoms with Crippen LogP contribution in [0.1, 0.15) is 0 Å². The number of aromatic nitrogens is 3. The molecule has 0 saturated heterocycles. The van der Waals surface area contributed by atoms with Crippen molar-refractivity contribution in [1.29, 1.82) is 0 Å². The molecule has 5 heterocycles. The van der Waals surface area contributed by atoms with Crippen molar-refractivity contribution in [2.75, 3.05) is 0 Å². The van der Waals surface area contributed by atoms with Crippen LogP contribution >= 0.6 is 0 Å². The van der Waals surface area contributed by atoms with Gasteiger partial charge in [0, 0.05) is 43.7 Å². The number of pyridine rings is 1. The molecule has 0 aliphatic rings. The zero-order valence-electron chi connectivity index (χ0n) is 25.4. The summed E-state index contributed by atoms with van der Waals surface area (Å²) in [5, 5.41) is 7.74. The lowest BCUT2D eigenvalue weighted by Crippen LogP contribution is -1.94. The summed E-state index contributed by atoms with van der Waals surface area (Å²) in [6.45, 7) is 0. The summed E-state index contributed by atoms with van der Waals surface area (Å²) in [6, 6.07) is 59.8. The van der Waals surface area contributed by atoms with E-state index in [0.717, 1.165) is 0 Å². The summed E-state index contributed by atoms with van der Waals surface area (Å²) in [6.07, 6.45) is 0. The lowest BCUT2D eigenvalue weighted by atomic mass is 10.0. The summed E-state index contributed by atoms with van der Waals surface area (Å²) in [4.78, 5) is 0. The first kappa shape index (κ1) is 24.9. The van der Waals surface area contributed by atoms with Gasteiger partial charge in [-0.15, -0.1) is 0 Å². The molecule has 11 rings (SSSR count). The first-order valence-corrected chi connectivity index (χ1v) is 16.2. The van der Waals surface area contributed by atoms with E-state index >= 15 is 0 Å². The number of hydrogen-bond donors (Lipinski definition) is 0. The van der Waals surface area contributed by atoms with Crippen molar-refractivity contribution >= 4 is 70.9 Å². The van der Waals surface area contributed by atoms with Crippen LogP contribution in [0.25, 0.3) is 93.4 Å². The van der Waals surface area contributed by atoms with Crippen molar-refractivity contribution in [2.24, 2.45) is 0 Å². The van der Waals surface area contributed by atoms with Gasteiger partial charge in [0.25, 0.3) is 0 Å².